The fourth-order valence-corrected chi connectivity index (χ4v) is 2.23. The number of nitrogens with one attached hydrogen (secondary N) is 1. The van der Waals surface area contributed by atoms with Gasteiger partial charge in [0.2, 0.25) is 0 Å². The van der Waals surface area contributed by atoms with Crippen LogP contribution in [0.1, 0.15) is 24.8 Å². The van der Waals surface area contributed by atoms with E-state index in [4.69, 9.17) is 15.8 Å². The number of hydrogen-bond acceptors (Lipinski definition) is 5. The number of carboxylic acid groups (broad SMARTS) is 1. The summed E-state index contributed by atoms with van der Waals surface area (Å²) in [5.41, 5.74) is 5.81. The highest BCUT2D eigenvalue weighted by Gasteiger charge is 2.32. The molecule has 6 nitrogen and oxygen atoms in total. The van der Waals surface area contributed by atoms with Crippen molar-refractivity contribution < 1.29 is 19.9 Å². The van der Waals surface area contributed by atoms with Crippen LogP contribution in [0.3, 0.4) is 0 Å². The summed E-state index contributed by atoms with van der Waals surface area (Å²) in [4.78, 5) is 11.3. The summed E-state index contributed by atoms with van der Waals surface area (Å²) in [5, 5.41) is 29.9. The molecule has 0 aromatic heterocycles. The van der Waals surface area contributed by atoms with Gasteiger partial charge in [-0.3, -0.25) is 4.79 Å². The molecular weight excluding hydrogens is 354 g/mol. The summed E-state index contributed by atoms with van der Waals surface area (Å²) in [5.74, 6) is -1.04. The highest BCUT2D eigenvalue weighted by molar-refractivity contribution is 6.40. The Hall–Kier alpha value is -0.825. The normalized spacial score (nSPS) is 12.5. The van der Waals surface area contributed by atoms with Crippen LogP contribution in [-0.4, -0.2) is 46.9 Å². The zero-order valence-electron chi connectivity index (χ0n) is 13.6. The van der Waals surface area contributed by atoms with Gasteiger partial charge in [0.25, 0.3) is 0 Å². The molecule has 138 valence electrons. The van der Waals surface area contributed by atoms with Gasteiger partial charge in [0.05, 0.1) is 0 Å². The molecule has 0 amide bonds. The minimum Gasteiger partial charge on any atom is -0.480 e. The highest BCUT2D eigenvalue weighted by Crippen LogP contribution is 2.13. The standard InChI is InChI=1S/C15H25BN2O4.2ClH/c17-15(14(19)20,9-4-5-10-16(21)22)12-18-11-8-13-6-2-1-3-7-13;;/h1-3,6-7,18,21-22H,4-5,8-12,17H2,(H,19,20);2*1H/t15-;;/m0../s1. The third-order valence-corrected chi connectivity index (χ3v) is 3.63. The van der Waals surface area contributed by atoms with Gasteiger partial charge in [-0.25, -0.2) is 0 Å². The van der Waals surface area contributed by atoms with Crippen LogP contribution in [0.5, 0.6) is 0 Å². The van der Waals surface area contributed by atoms with Gasteiger partial charge < -0.3 is 26.2 Å². The molecule has 0 unspecified atom stereocenters. The second-order valence-corrected chi connectivity index (χ2v) is 5.60. The van der Waals surface area contributed by atoms with E-state index in [0.29, 0.717) is 25.8 Å². The van der Waals surface area contributed by atoms with E-state index in [1.54, 1.807) is 0 Å². The van der Waals surface area contributed by atoms with Crippen LogP contribution in [0.15, 0.2) is 30.3 Å². The third kappa shape index (κ3) is 10.1. The molecule has 6 N–H and O–H groups in total. The van der Waals surface area contributed by atoms with E-state index < -0.39 is 18.6 Å². The third-order valence-electron chi connectivity index (χ3n) is 3.63. The van der Waals surface area contributed by atoms with Crippen molar-refractivity contribution in [2.24, 2.45) is 5.73 Å². The Balaban J connectivity index is 0. The Kier molecular flexibility index (Phi) is 14.3. The molecule has 0 saturated carbocycles. The molecule has 0 bridgehead atoms. The number of hydrogen-bond donors (Lipinski definition) is 5. The van der Waals surface area contributed by atoms with Crippen LogP contribution in [0.2, 0.25) is 6.32 Å². The van der Waals surface area contributed by atoms with Crippen LogP contribution in [0.4, 0.5) is 0 Å². The predicted octanol–water partition coefficient (Wildman–Crippen LogP) is 1.09. The SMILES string of the molecule is Cl.Cl.N[C@@](CCCCB(O)O)(CNCCc1ccccc1)C(=O)O. The largest absolute Gasteiger partial charge is 0.480 e. The zero-order valence-corrected chi connectivity index (χ0v) is 15.2. The van der Waals surface area contributed by atoms with Crippen LogP contribution in [-0.2, 0) is 11.2 Å². The minimum absolute atomic E-state index is 0. The van der Waals surface area contributed by atoms with Crippen LogP contribution in [0.25, 0.3) is 0 Å². The first-order valence-electron chi connectivity index (χ1n) is 7.57. The fourth-order valence-electron chi connectivity index (χ4n) is 2.23. The molecular formula is C15H27BCl2N2O4. The van der Waals surface area contributed by atoms with E-state index in [-0.39, 0.29) is 37.7 Å². The zero-order chi connectivity index (χ0) is 16.4. The van der Waals surface area contributed by atoms with E-state index >= 15 is 0 Å². The maximum Gasteiger partial charge on any atom is 0.451 e. The van der Waals surface area contributed by atoms with Gasteiger partial charge in [-0.05, 0) is 31.3 Å². The Morgan fingerprint density at radius 1 is 1.17 bits per heavy atom. The lowest BCUT2D eigenvalue weighted by Crippen LogP contribution is -2.55. The second-order valence-electron chi connectivity index (χ2n) is 5.60. The van der Waals surface area contributed by atoms with Crippen molar-refractivity contribution in [2.75, 3.05) is 13.1 Å². The van der Waals surface area contributed by atoms with Gasteiger partial charge >= 0.3 is 13.1 Å². The minimum atomic E-state index is -1.35. The van der Waals surface area contributed by atoms with Crippen molar-refractivity contribution in [3.05, 3.63) is 35.9 Å². The number of unbranched alkanes of at least 4 members (excludes halogenated alkanes) is 1. The van der Waals surface area contributed by atoms with Gasteiger partial charge in [0.1, 0.15) is 5.54 Å². The number of carboxylic acids is 1. The molecule has 0 radical (unpaired) electrons. The lowest BCUT2D eigenvalue weighted by Gasteiger charge is -2.25. The molecule has 0 spiro atoms. The van der Waals surface area contributed by atoms with Crippen molar-refractivity contribution >= 4 is 37.9 Å². The van der Waals surface area contributed by atoms with Crippen molar-refractivity contribution in [1.29, 1.82) is 0 Å². The average Bonchev–Trinajstić information content (AvgIpc) is 2.49. The van der Waals surface area contributed by atoms with Crippen LogP contribution >= 0.6 is 24.8 Å². The smallest absolute Gasteiger partial charge is 0.451 e. The Morgan fingerprint density at radius 2 is 1.79 bits per heavy atom. The van der Waals surface area contributed by atoms with E-state index in [1.165, 1.54) is 5.56 Å². The summed E-state index contributed by atoms with van der Waals surface area (Å²) < 4.78 is 0. The predicted molar refractivity (Wildman–Crippen MR) is 101 cm³/mol. The Labute approximate surface area is 155 Å². The molecule has 0 aliphatic rings. The highest BCUT2D eigenvalue weighted by atomic mass is 35.5. The molecule has 9 heteroatoms. The molecule has 1 rings (SSSR count). The monoisotopic (exact) mass is 380 g/mol. The van der Waals surface area contributed by atoms with E-state index in [1.807, 2.05) is 30.3 Å². The second kappa shape index (κ2) is 13.5. The van der Waals surface area contributed by atoms with Gasteiger partial charge in [0, 0.05) is 6.54 Å². The van der Waals surface area contributed by atoms with Crippen LogP contribution in [0, 0.1) is 0 Å². The summed E-state index contributed by atoms with van der Waals surface area (Å²) in [6.45, 7) is 0.850. The van der Waals surface area contributed by atoms with E-state index in [0.717, 1.165) is 6.42 Å². The molecule has 0 saturated heterocycles. The molecule has 1 aromatic carbocycles. The first-order valence-corrected chi connectivity index (χ1v) is 7.57. The maximum atomic E-state index is 11.3. The van der Waals surface area contributed by atoms with Crippen LogP contribution < -0.4 is 11.1 Å². The lowest BCUT2D eigenvalue weighted by molar-refractivity contribution is -0.143. The Bertz CT molecular complexity index is 454. The summed E-state index contributed by atoms with van der Waals surface area (Å²) in [6, 6.07) is 9.93. The van der Waals surface area contributed by atoms with E-state index in [9.17, 15) is 9.90 Å². The van der Waals surface area contributed by atoms with Crippen molar-refractivity contribution in [2.45, 2.75) is 37.5 Å². The molecule has 0 heterocycles. The van der Waals surface area contributed by atoms with Crippen molar-refractivity contribution in [3.8, 4) is 0 Å². The summed E-state index contributed by atoms with van der Waals surface area (Å²) >= 11 is 0. The maximum absolute atomic E-state index is 11.3. The van der Waals surface area contributed by atoms with Crippen molar-refractivity contribution in [3.63, 3.8) is 0 Å². The topological polar surface area (TPSA) is 116 Å². The quantitative estimate of drug-likeness (QED) is 0.290. The number of rotatable bonds is 11. The molecule has 24 heavy (non-hydrogen) atoms. The van der Waals surface area contributed by atoms with Gasteiger partial charge in [-0.1, -0.05) is 43.2 Å². The summed E-state index contributed by atoms with van der Waals surface area (Å²) in [7, 11) is -1.35. The number of nitrogens with two attached hydrogens (primary N) is 1. The lowest BCUT2D eigenvalue weighted by atomic mass is 9.82. The molecule has 0 aliphatic carbocycles. The van der Waals surface area contributed by atoms with E-state index in [2.05, 4.69) is 5.32 Å². The molecule has 0 fully saturated rings. The van der Waals surface area contributed by atoms with Crippen molar-refractivity contribution in [1.82, 2.24) is 5.32 Å². The Morgan fingerprint density at radius 3 is 2.33 bits per heavy atom. The summed E-state index contributed by atoms with van der Waals surface area (Å²) in [6.07, 6.45) is 2.42. The molecule has 1 atom stereocenters. The van der Waals surface area contributed by atoms with Gasteiger partial charge in [0.15, 0.2) is 0 Å². The number of aliphatic carboxylic acids is 1. The average molecular weight is 381 g/mol. The number of carbonyl (C=O) groups is 1. The number of halogens is 2. The van der Waals surface area contributed by atoms with Gasteiger partial charge in [-0.2, -0.15) is 0 Å². The number of benzene rings is 1. The first-order chi connectivity index (χ1) is 10.4. The molecule has 0 aliphatic heterocycles. The first kappa shape index (κ1) is 25.4. The molecule has 1 aromatic rings. The fraction of sp³-hybridized carbons (Fsp3) is 0.533. The van der Waals surface area contributed by atoms with Gasteiger partial charge in [-0.15, -0.1) is 24.8 Å².